The third-order valence-corrected chi connectivity index (χ3v) is 5.09. The molecule has 2 unspecified atom stereocenters. The maximum atomic E-state index is 11.0. The second kappa shape index (κ2) is 10.3. The van der Waals surface area contributed by atoms with Crippen molar-refractivity contribution >= 4 is 35.5 Å². The minimum atomic E-state index is -0.811. The van der Waals surface area contributed by atoms with Gasteiger partial charge >= 0.3 is 11.9 Å². The van der Waals surface area contributed by atoms with E-state index in [9.17, 15) is 9.59 Å². The second-order valence-corrected chi connectivity index (χ2v) is 7.08. The molecule has 0 aliphatic carbocycles. The lowest BCUT2D eigenvalue weighted by molar-refractivity contribution is -0.142. The molecule has 0 spiro atoms. The van der Waals surface area contributed by atoms with Gasteiger partial charge in [0, 0.05) is 23.0 Å². The molecule has 2 atom stereocenters. The van der Waals surface area contributed by atoms with E-state index in [0.717, 1.165) is 11.5 Å². The van der Waals surface area contributed by atoms with Crippen molar-refractivity contribution < 1.29 is 19.8 Å². The number of rotatable bonds is 11. The zero-order valence-electron chi connectivity index (χ0n) is 12.4. The Morgan fingerprint density at radius 2 is 1.15 bits per heavy atom. The van der Waals surface area contributed by atoms with Gasteiger partial charge in [-0.3, -0.25) is 19.4 Å². The Kier molecular flexibility index (Phi) is 10.1. The van der Waals surface area contributed by atoms with Crippen LogP contribution in [-0.2, 0) is 9.59 Å². The van der Waals surface area contributed by atoms with Crippen molar-refractivity contribution in [2.75, 3.05) is 51.2 Å². The number of nitrogens with zero attached hydrogens (tertiary/aromatic N) is 2. The summed E-state index contributed by atoms with van der Waals surface area (Å²) in [6.07, 6.45) is 0. The summed E-state index contributed by atoms with van der Waals surface area (Å²) >= 11 is 3.16. The molecular weight excluding hydrogens is 300 g/mol. The molecule has 0 aliphatic heterocycles. The quantitative estimate of drug-likeness (QED) is 0.531. The smallest absolute Gasteiger partial charge is 0.321 e. The zero-order chi connectivity index (χ0) is 15.7. The van der Waals surface area contributed by atoms with Gasteiger partial charge in [0.2, 0.25) is 0 Å². The molecule has 0 aliphatic rings. The first kappa shape index (κ1) is 19.6. The highest BCUT2D eigenvalue weighted by atomic mass is 32.2. The Balaban J connectivity index is 3.81. The first-order chi connectivity index (χ1) is 9.27. The summed E-state index contributed by atoms with van der Waals surface area (Å²) in [4.78, 5) is 25.3. The third kappa shape index (κ3) is 7.98. The Hall–Kier alpha value is -0.440. The van der Waals surface area contributed by atoms with Crippen molar-refractivity contribution in [2.24, 2.45) is 0 Å². The van der Waals surface area contributed by atoms with E-state index in [4.69, 9.17) is 10.2 Å². The van der Waals surface area contributed by atoms with Crippen molar-refractivity contribution in [3.05, 3.63) is 0 Å². The molecule has 0 heterocycles. The van der Waals surface area contributed by atoms with Crippen LogP contribution in [0.1, 0.15) is 0 Å². The lowest BCUT2D eigenvalue weighted by Crippen LogP contribution is -2.38. The van der Waals surface area contributed by atoms with Gasteiger partial charge in [-0.25, -0.2) is 0 Å². The van der Waals surface area contributed by atoms with Crippen LogP contribution in [0.2, 0.25) is 0 Å². The Morgan fingerprint density at radius 1 is 0.850 bits per heavy atom. The monoisotopic (exact) mass is 324 g/mol. The van der Waals surface area contributed by atoms with Gasteiger partial charge in [0.15, 0.2) is 0 Å². The molecule has 0 saturated heterocycles. The Bertz CT molecular complexity index is 284. The maximum absolute atomic E-state index is 11.0. The normalized spacial score (nSPS) is 14.5. The van der Waals surface area contributed by atoms with Crippen LogP contribution >= 0.6 is 23.5 Å². The van der Waals surface area contributed by atoms with Gasteiger partial charge < -0.3 is 10.2 Å². The Morgan fingerprint density at radius 3 is 1.35 bits per heavy atom. The van der Waals surface area contributed by atoms with Crippen LogP contribution in [0.3, 0.4) is 0 Å². The zero-order valence-corrected chi connectivity index (χ0v) is 14.0. The van der Waals surface area contributed by atoms with E-state index in [2.05, 4.69) is 0 Å². The topological polar surface area (TPSA) is 81.1 Å². The fourth-order valence-electron chi connectivity index (χ4n) is 1.39. The van der Waals surface area contributed by atoms with Crippen molar-refractivity contribution in [1.82, 2.24) is 9.80 Å². The average Bonchev–Trinajstić information content (AvgIpc) is 2.30. The van der Waals surface area contributed by atoms with Crippen molar-refractivity contribution in [1.29, 1.82) is 0 Å². The fourth-order valence-corrected chi connectivity index (χ4v) is 3.99. The average molecular weight is 324 g/mol. The molecule has 0 aromatic rings. The van der Waals surface area contributed by atoms with E-state index < -0.39 is 24.0 Å². The van der Waals surface area contributed by atoms with Crippen molar-refractivity contribution in [3.8, 4) is 0 Å². The molecule has 0 aromatic carbocycles. The summed E-state index contributed by atoms with van der Waals surface area (Å²) in [5.74, 6) is 1.10. The first-order valence-electron chi connectivity index (χ1n) is 6.21. The number of aliphatic carboxylic acids is 2. The van der Waals surface area contributed by atoms with Gasteiger partial charge in [-0.15, -0.1) is 0 Å². The summed E-state index contributed by atoms with van der Waals surface area (Å²) in [7, 11) is 7.01. The van der Waals surface area contributed by atoms with Gasteiger partial charge in [-0.1, -0.05) is 0 Å². The van der Waals surface area contributed by atoms with Crippen LogP contribution < -0.4 is 0 Å². The van der Waals surface area contributed by atoms with E-state index in [-0.39, 0.29) is 0 Å². The van der Waals surface area contributed by atoms with Crippen molar-refractivity contribution in [2.45, 2.75) is 12.1 Å². The van der Waals surface area contributed by atoms with Crippen LogP contribution in [0.15, 0.2) is 0 Å². The molecule has 2 N–H and O–H groups in total. The fraction of sp³-hybridized carbons (Fsp3) is 0.833. The largest absolute Gasteiger partial charge is 0.480 e. The molecule has 0 amide bonds. The highest BCUT2D eigenvalue weighted by Crippen LogP contribution is 2.12. The van der Waals surface area contributed by atoms with Gasteiger partial charge in [0.05, 0.1) is 0 Å². The third-order valence-electron chi connectivity index (χ3n) is 2.74. The molecule has 20 heavy (non-hydrogen) atoms. The lowest BCUT2D eigenvalue weighted by Gasteiger charge is -2.20. The first-order valence-corrected chi connectivity index (χ1v) is 8.52. The van der Waals surface area contributed by atoms with Crippen LogP contribution in [0, 0.1) is 0 Å². The van der Waals surface area contributed by atoms with E-state index in [1.165, 1.54) is 0 Å². The Labute approximate surface area is 128 Å². The molecule has 0 bridgehead atoms. The van der Waals surface area contributed by atoms with Gasteiger partial charge in [0.1, 0.15) is 12.1 Å². The van der Waals surface area contributed by atoms with Crippen LogP contribution in [-0.4, -0.2) is 95.2 Å². The predicted octanol–water partition coefficient (Wildman–Crippen LogP) is 0.482. The highest BCUT2D eigenvalue weighted by molar-refractivity contribution is 8.03. The minimum absolute atomic E-state index is 0.474. The van der Waals surface area contributed by atoms with E-state index in [1.54, 1.807) is 61.5 Å². The SMILES string of the molecule is CN(C)C(CSCCSCC(C(=O)O)N(C)C)C(=O)O. The van der Waals surface area contributed by atoms with Gasteiger partial charge in [-0.05, 0) is 28.2 Å². The highest BCUT2D eigenvalue weighted by Gasteiger charge is 2.20. The summed E-state index contributed by atoms with van der Waals surface area (Å²) in [5, 5.41) is 18.0. The van der Waals surface area contributed by atoms with Crippen LogP contribution in [0.5, 0.6) is 0 Å². The predicted molar refractivity (Wildman–Crippen MR) is 84.9 cm³/mol. The minimum Gasteiger partial charge on any atom is -0.480 e. The van der Waals surface area contributed by atoms with E-state index in [1.807, 2.05) is 0 Å². The summed E-state index contributed by atoms with van der Waals surface area (Å²) in [6.45, 7) is 0. The van der Waals surface area contributed by atoms with E-state index >= 15 is 0 Å². The van der Waals surface area contributed by atoms with E-state index in [0.29, 0.717) is 11.5 Å². The van der Waals surface area contributed by atoms with Crippen LogP contribution in [0.25, 0.3) is 0 Å². The molecule has 0 saturated carbocycles. The van der Waals surface area contributed by atoms with Crippen molar-refractivity contribution in [3.63, 3.8) is 0 Å². The second-order valence-electron chi connectivity index (χ2n) is 4.79. The number of likely N-dealkylation sites (N-methyl/N-ethyl adjacent to an activating group) is 2. The van der Waals surface area contributed by atoms with Gasteiger partial charge in [0.25, 0.3) is 0 Å². The van der Waals surface area contributed by atoms with Crippen LogP contribution in [0.4, 0.5) is 0 Å². The number of carboxylic acid groups (broad SMARTS) is 2. The summed E-state index contributed by atoms with van der Waals surface area (Å²) < 4.78 is 0. The van der Waals surface area contributed by atoms with Gasteiger partial charge in [-0.2, -0.15) is 23.5 Å². The molecule has 6 nitrogen and oxygen atoms in total. The number of carboxylic acids is 2. The maximum Gasteiger partial charge on any atom is 0.321 e. The molecule has 0 radical (unpaired) electrons. The molecular formula is C12H24N2O4S2. The molecule has 118 valence electrons. The molecule has 0 aromatic heterocycles. The lowest BCUT2D eigenvalue weighted by atomic mass is 10.3. The summed E-state index contributed by atoms with van der Waals surface area (Å²) in [5.41, 5.74) is 0. The number of thioether (sulfide) groups is 2. The molecule has 8 heteroatoms. The molecule has 0 rings (SSSR count). The number of hydrogen-bond donors (Lipinski definition) is 2. The number of hydrogen-bond acceptors (Lipinski definition) is 6. The molecule has 0 fully saturated rings. The number of carbonyl (C=O) groups is 2. The standard InChI is InChI=1S/C12H24N2O4S2/c1-13(2)9(11(15)16)7-19-5-6-20-8-10(12(17)18)14(3)4/h9-10H,5-8H2,1-4H3,(H,15,16)(H,17,18). The summed E-state index contributed by atoms with van der Waals surface area (Å²) in [6, 6.07) is -0.947.